The first-order chi connectivity index (χ1) is 26.8. The van der Waals surface area contributed by atoms with Gasteiger partial charge in [0.15, 0.2) is 15.7 Å². The van der Waals surface area contributed by atoms with Gasteiger partial charge in [0.25, 0.3) is 5.91 Å². The summed E-state index contributed by atoms with van der Waals surface area (Å²) < 4.78 is 38.5. The van der Waals surface area contributed by atoms with E-state index in [2.05, 4.69) is 35.1 Å². The van der Waals surface area contributed by atoms with Crippen LogP contribution in [0.25, 0.3) is 10.9 Å². The van der Waals surface area contributed by atoms with Gasteiger partial charge in [0, 0.05) is 63.0 Å². The first-order valence-corrected chi connectivity index (χ1v) is 21.3. The second kappa shape index (κ2) is 16.6. The summed E-state index contributed by atoms with van der Waals surface area (Å²) in [6, 6.07) is 3.30. The van der Waals surface area contributed by atoms with Crippen molar-refractivity contribution in [3.8, 4) is 5.75 Å². The molecule has 3 aromatic rings. The van der Waals surface area contributed by atoms with Crippen molar-refractivity contribution in [2.45, 2.75) is 90.4 Å². The highest BCUT2D eigenvalue weighted by Crippen LogP contribution is 2.37. The van der Waals surface area contributed by atoms with E-state index in [0.29, 0.717) is 55.8 Å². The maximum atomic E-state index is 13.9. The van der Waals surface area contributed by atoms with Gasteiger partial charge < -0.3 is 24.6 Å². The lowest BCUT2D eigenvalue weighted by Crippen LogP contribution is -2.47. The molecule has 2 saturated heterocycles. The number of nitrogens with one attached hydrogen (secondary N) is 1. The number of nitrogens with zero attached hydrogens (tertiary/aromatic N) is 8. The molecule has 16 heteroatoms. The molecule has 1 amide bonds. The van der Waals surface area contributed by atoms with Gasteiger partial charge in [0.2, 0.25) is 0 Å². The average Bonchev–Trinajstić information content (AvgIpc) is 3.47. The molecule has 5 heterocycles. The zero-order valence-electron chi connectivity index (χ0n) is 34.8. The molecule has 0 spiro atoms. The Bertz CT molecular complexity index is 2150. The first-order valence-electron chi connectivity index (χ1n) is 19.8. The summed E-state index contributed by atoms with van der Waals surface area (Å²) in [5, 5.41) is 3.84. The highest BCUT2D eigenvalue weighted by atomic mass is 32.2. The van der Waals surface area contributed by atoms with Crippen LogP contribution in [0.15, 0.2) is 52.0 Å². The van der Waals surface area contributed by atoms with Gasteiger partial charge in [-0.3, -0.25) is 14.5 Å². The molecule has 2 fully saturated rings. The number of piperidine rings is 1. The second-order valence-corrected chi connectivity index (χ2v) is 19.9. The van der Waals surface area contributed by atoms with Crippen LogP contribution < -0.4 is 15.0 Å². The van der Waals surface area contributed by atoms with Crippen LogP contribution in [-0.4, -0.2) is 125 Å². The van der Waals surface area contributed by atoms with Crippen molar-refractivity contribution in [2.24, 2.45) is 16.8 Å². The maximum absolute atomic E-state index is 13.9. The number of carbonyl (C=O) groups excluding carboxylic acids is 2. The van der Waals surface area contributed by atoms with E-state index in [9.17, 15) is 18.0 Å². The SMILES string of the molecule is CC1=C(C)C(=Nc2ncnc3cc(OCCCN4CCN(c5cnc(C(=O)N6CCC(C(=O)OC(C)(C)C)[C@H](C)C6)cn5)CC4)c(S(=O)(=O)C(C)(C)C)cc23)CN1. The highest BCUT2D eigenvalue weighted by Gasteiger charge is 2.37. The quantitative estimate of drug-likeness (QED) is 0.215. The van der Waals surface area contributed by atoms with Crippen LogP contribution in [0.5, 0.6) is 5.75 Å². The molecule has 1 aromatic carbocycles. The van der Waals surface area contributed by atoms with Gasteiger partial charge in [-0.2, -0.15) is 0 Å². The number of sulfone groups is 1. The second-order valence-electron chi connectivity index (χ2n) is 17.2. The predicted molar refractivity (Wildman–Crippen MR) is 220 cm³/mol. The number of piperazine rings is 1. The minimum Gasteiger partial charge on any atom is -0.492 e. The molecule has 15 nitrogen and oxygen atoms in total. The number of rotatable bonds is 10. The molecule has 57 heavy (non-hydrogen) atoms. The summed E-state index contributed by atoms with van der Waals surface area (Å²) in [7, 11) is -3.79. The fraction of sp³-hybridized carbons (Fsp3) is 0.585. The smallest absolute Gasteiger partial charge is 0.309 e. The van der Waals surface area contributed by atoms with E-state index in [1.54, 1.807) is 50.2 Å². The van der Waals surface area contributed by atoms with Gasteiger partial charge in [-0.15, -0.1) is 0 Å². The van der Waals surface area contributed by atoms with E-state index in [0.717, 1.165) is 55.5 Å². The number of anilines is 1. The molecule has 0 radical (unpaired) electrons. The molecule has 1 unspecified atom stereocenters. The molecule has 3 aliphatic rings. The number of ether oxygens (including phenoxy) is 2. The van der Waals surface area contributed by atoms with E-state index in [4.69, 9.17) is 14.5 Å². The molecule has 6 rings (SSSR count). The van der Waals surface area contributed by atoms with E-state index < -0.39 is 20.2 Å². The number of allylic oxidation sites excluding steroid dienone is 1. The number of fused-ring (bicyclic) bond motifs is 1. The van der Waals surface area contributed by atoms with Crippen LogP contribution >= 0.6 is 0 Å². The van der Waals surface area contributed by atoms with Gasteiger partial charge in [0.1, 0.15) is 34.1 Å². The van der Waals surface area contributed by atoms with Gasteiger partial charge in [-0.25, -0.2) is 33.3 Å². The lowest BCUT2D eigenvalue weighted by Gasteiger charge is -2.37. The van der Waals surface area contributed by atoms with Crippen LogP contribution in [0.3, 0.4) is 0 Å². The average molecular weight is 804 g/mol. The maximum Gasteiger partial charge on any atom is 0.309 e. The van der Waals surface area contributed by atoms with Crippen LogP contribution in [0.4, 0.5) is 11.6 Å². The largest absolute Gasteiger partial charge is 0.492 e. The van der Waals surface area contributed by atoms with Crippen LogP contribution in [0.1, 0.15) is 85.6 Å². The fourth-order valence-corrected chi connectivity index (χ4v) is 8.54. The number of esters is 1. The number of aromatic nitrogens is 4. The number of hydrogen-bond acceptors (Lipinski definition) is 14. The highest BCUT2D eigenvalue weighted by molar-refractivity contribution is 7.92. The predicted octanol–water partition coefficient (Wildman–Crippen LogP) is 4.99. The molecule has 0 saturated carbocycles. The van der Waals surface area contributed by atoms with E-state index in [-0.39, 0.29) is 40.1 Å². The van der Waals surface area contributed by atoms with Gasteiger partial charge in [-0.05, 0) is 85.8 Å². The summed E-state index contributed by atoms with van der Waals surface area (Å²) in [5.41, 5.74) is 3.25. The third-order valence-electron chi connectivity index (χ3n) is 10.9. The summed E-state index contributed by atoms with van der Waals surface area (Å²) >= 11 is 0. The molecule has 2 aromatic heterocycles. The van der Waals surface area contributed by atoms with Crippen molar-refractivity contribution in [2.75, 3.05) is 63.9 Å². The van der Waals surface area contributed by atoms with Crippen molar-refractivity contribution in [1.29, 1.82) is 0 Å². The van der Waals surface area contributed by atoms with Gasteiger partial charge in [-0.1, -0.05) is 6.92 Å². The Morgan fingerprint density at radius 2 is 1.70 bits per heavy atom. The molecule has 1 N–H and O–H groups in total. The van der Waals surface area contributed by atoms with Crippen LogP contribution in [0.2, 0.25) is 0 Å². The molecular formula is C41H57N9O6S. The Kier molecular flexibility index (Phi) is 12.2. The van der Waals surface area contributed by atoms with Crippen molar-refractivity contribution in [3.63, 3.8) is 0 Å². The number of amides is 1. The third kappa shape index (κ3) is 9.54. The summed E-state index contributed by atoms with van der Waals surface area (Å²) in [6.07, 6.45) is 5.89. The van der Waals surface area contributed by atoms with Crippen molar-refractivity contribution in [1.82, 2.24) is 35.1 Å². The van der Waals surface area contributed by atoms with Gasteiger partial charge in [0.05, 0.1) is 47.4 Å². The molecule has 2 atom stereocenters. The lowest BCUT2D eigenvalue weighted by molar-refractivity contribution is -0.163. The van der Waals surface area contributed by atoms with Crippen LogP contribution in [0, 0.1) is 11.8 Å². The summed E-state index contributed by atoms with van der Waals surface area (Å²) in [4.78, 5) is 55.0. The Morgan fingerprint density at radius 1 is 0.965 bits per heavy atom. The van der Waals surface area contributed by atoms with E-state index in [1.807, 2.05) is 41.5 Å². The number of carbonyl (C=O) groups is 2. The zero-order valence-corrected chi connectivity index (χ0v) is 35.6. The van der Waals surface area contributed by atoms with Crippen molar-refractivity contribution >= 4 is 50.0 Å². The lowest BCUT2D eigenvalue weighted by atomic mass is 9.86. The molecule has 308 valence electrons. The number of benzene rings is 1. The summed E-state index contributed by atoms with van der Waals surface area (Å²) in [5.74, 6) is 0.754. The molecule has 3 aliphatic heterocycles. The van der Waals surface area contributed by atoms with Gasteiger partial charge >= 0.3 is 5.97 Å². The molecule has 0 aliphatic carbocycles. The normalized spacial score (nSPS) is 20.6. The Balaban J connectivity index is 1.02. The number of likely N-dealkylation sites (tertiary alicyclic amines) is 1. The molecule has 0 bridgehead atoms. The third-order valence-corrected chi connectivity index (χ3v) is 13.4. The minimum atomic E-state index is -3.79. The standard InChI is InChI=1S/C41H57N9O6S/c1-26-24-50(13-11-29(26)39(52)56-40(4,5)6)38(51)33-22-44-36(23-43-33)49-16-14-48(15-17-49)12-10-18-55-34-20-31-30(19-35(34)57(53,54)41(7,8)9)37(46-25-45-31)47-32-21-42-28(3)27(32)2/h19-20,22-23,25-26,29,42H,10-18,21,24H2,1-9H3/t26-,29?/m1/s1. The summed E-state index contributed by atoms with van der Waals surface area (Å²) in [6.45, 7) is 22.3. The number of hydrogen-bond donors (Lipinski definition) is 1. The van der Waals surface area contributed by atoms with Crippen molar-refractivity contribution in [3.05, 3.63) is 47.8 Å². The minimum absolute atomic E-state index is 0.0239. The first kappa shape index (κ1) is 41.9. The number of aliphatic imine (C=N–C) groups is 1. The van der Waals surface area contributed by atoms with Crippen LogP contribution in [-0.2, 0) is 19.4 Å². The fourth-order valence-electron chi connectivity index (χ4n) is 7.23. The molecular weight excluding hydrogens is 747 g/mol. The Labute approximate surface area is 336 Å². The zero-order chi connectivity index (χ0) is 41.3. The monoisotopic (exact) mass is 803 g/mol. The Morgan fingerprint density at radius 3 is 2.32 bits per heavy atom. The Hall–Kier alpha value is -4.70. The topological polar surface area (TPSA) is 172 Å². The van der Waals surface area contributed by atoms with E-state index >= 15 is 0 Å². The van der Waals surface area contributed by atoms with E-state index in [1.165, 1.54) is 6.33 Å². The van der Waals surface area contributed by atoms with Crippen molar-refractivity contribution < 1.29 is 27.5 Å².